The van der Waals surface area contributed by atoms with Gasteiger partial charge in [0.1, 0.15) is 6.10 Å². The normalized spacial score (nSPS) is 15.8. The number of aryl methyl sites for hydroxylation is 2. The van der Waals surface area contributed by atoms with Crippen molar-refractivity contribution in [1.29, 1.82) is 0 Å². The molecule has 2 N–H and O–H groups in total. The SMILES string of the molecule is CCC(O)C(O)c1c(C)cnn1C. The minimum absolute atomic E-state index is 0.534. The molecule has 0 spiro atoms. The van der Waals surface area contributed by atoms with Gasteiger partial charge in [0.15, 0.2) is 0 Å². The van der Waals surface area contributed by atoms with Gasteiger partial charge in [-0.25, -0.2) is 0 Å². The smallest absolute Gasteiger partial charge is 0.122 e. The van der Waals surface area contributed by atoms with Gasteiger partial charge in [-0.3, -0.25) is 4.68 Å². The van der Waals surface area contributed by atoms with Crippen LogP contribution in [0.3, 0.4) is 0 Å². The Kier molecular flexibility index (Phi) is 3.06. The lowest BCUT2D eigenvalue weighted by Crippen LogP contribution is -2.20. The number of hydrogen-bond donors (Lipinski definition) is 2. The summed E-state index contributed by atoms with van der Waals surface area (Å²) in [7, 11) is 1.76. The summed E-state index contributed by atoms with van der Waals surface area (Å²) < 4.78 is 1.60. The summed E-state index contributed by atoms with van der Waals surface area (Å²) in [4.78, 5) is 0. The fourth-order valence-corrected chi connectivity index (χ4v) is 1.39. The van der Waals surface area contributed by atoms with Gasteiger partial charge in [0.2, 0.25) is 0 Å². The van der Waals surface area contributed by atoms with Crippen LogP contribution in [0.2, 0.25) is 0 Å². The van der Waals surface area contributed by atoms with Gasteiger partial charge in [-0.2, -0.15) is 5.10 Å². The van der Waals surface area contributed by atoms with Crippen LogP contribution in [0.25, 0.3) is 0 Å². The van der Waals surface area contributed by atoms with Crippen LogP contribution in [0.15, 0.2) is 6.20 Å². The maximum atomic E-state index is 9.73. The van der Waals surface area contributed by atoms with Crippen LogP contribution < -0.4 is 0 Å². The molecule has 0 saturated carbocycles. The Bertz CT molecular complexity index is 264. The van der Waals surface area contributed by atoms with Gasteiger partial charge < -0.3 is 10.2 Å². The van der Waals surface area contributed by atoms with Gasteiger partial charge in [-0.1, -0.05) is 6.92 Å². The molecule has 1 rings (SSSR count). The minimum Gasteiger partial charge on any atom is -0.390 e. The quantitative estimate of drug-likeness (QED) is 0.720. The lowest BCUT2D eigenvalue weighted by molar-refractivity contribution is 0.0113. The van der Waals surface area contributed by atoms with Crippen molar-refractivity contribution >= 4 is 0 Å². The summed E-state index contributed by atoms with van der Waals surface area (Å²) in [5.74, 6) is 0. The molecule has 0 aromatic carbocycles. The summed E-state index contributed by atoms with van der Waals surface area (Å²) in [5.41, 5.74) is 1.59. The largest absolute Gasteiger partial charge is 0.390 e. The molecule has 0 saturated heterocycles. The standard InChI is InChI=1S/C9H16N2O2/c1-4-7(12)9(13)8-6(2)5-10-11(8)3/h5,7,9,12-13H,4H2,1-3H3. The molecule has 2 unspecified atom stereocenters. The first-order chi connectivity index (χ1) is 6.07. The molecular weight excluding hydrogens is 168 g/mol. The van der Waals surface area contributed by atoms with Crippen LogP contribution in [-0.4, -0.2) is 26.1 Å². The molecule has 74 valence electrons. The number of rotatable bonds is 3. The Morgan fingerprint density at radius 3 is 2.54 bits per heavy atom. The van der Waals surface area contributed by atoms with E-state index in [4.69, 9.17) is 0 Å². The fourth-order valence-electron chi connectivity index (χ4n) is 1.39. The van der Waals surface area contributed by atoms with Crippen molar-refractivity contribution in [3.8, 4) is 0 Å². The second-order valence-corrected chi connectivity index (χ2v) is 3.26. The second kappa shape index (κ2) is 3.89. The van der Waals surface area contributed by atoms with Crippen molar-refractivity contribution in [3.05, 3.63) is 17.5 Å². The van der Waals surface area contributed by atoms with E-state index in [0.717, 1.165) is 5.56 Å². The highest BCUT2D eigenvalue weighted by atomic mass is 16.3. The van der Waals surface area contributed by atoms with Gasteiger partial charge in [0, 0.05) is 7.05 Å². The molecule has 1 heterocycles. The zero-order valence-corrected chi connectivity index (χ0v) is 8.23. The molecule has 0 amide bonds. The topological polar surface area (TPSA) is 58.3 Å². The molecule has 13 heavy (non-hydrogen) atoms. The number of aliphatic hydroxyl groups is 2. The highest BCUT2D eigenvalue weighted by Crippen LogP contribution is 2.21. The summed E-state index contributed by atoms with van der Waals surface area (Å²) in [6.45, 7) is 3.70. The van der Waals surface area contributed by atoms with Crippen LogP contribution in [0.4, 0.5) is 0 Å². The monoisotopic (exact) mass is 184 g/mol. The average Bonchev–Trinajstić information content (AvgIpc) is 2.44. The molecule has 4 nitrogen and oxygen atoms in total. The maximum Gasteiger partial charge on any atom is 0.122 e. The van der Waals surface area contributed by atoms with Crippen molar-refractivity contribution in [3.63, 3.8) is 0 Å². The molecule has 0 fully saturated rings. The van der Waals surface area contributed by atoms with Crippen molar-refractivity contribution < 1.29 is 10.2 Å². The summed E-state index contributed by atoms with van der Waals surface area (Å²) in [6, 6.07) is 0. The van der Waals surface area contributed by atoms with Crippen molar-refractivity contribution in [2.45, 2.75) is 32.5 Å². The minimum atomic E-state index is -0.836. The summed E-state index contributed by atoms with van der Waals surface area (Å²) in [6.07, 6.45) is 0.666. The molecule has 1 aromatic heterocycles. The third-order valence-electron chi connectivity index (χ3n) is 2.24. The molecule has 0 aliphatic rings. The Morgan fingerprint density at radius 1 is 1.54 bits per heavy atom. The predicted octanol–water partition coefficient (Wildman–Crippen LogP) is 0.533. The van der Waals surface area contributed by atoms with E-state index >= 15 is 0 Å². The van der Waals surface area contributed by atoms with E-state index in [1.807, 2.05) is 13.8 Å². The van der Waals surface area contributed by atoms with Crippen LogP contribution >= 0.6 is 0 Å². The zero-order valence-electron chi connectivity index (χ0n) is 8.23. The van der Waals surface area contributed by atoms with E-state index < -0.39 is 12.2 Å². The van der Waals surface area contributed by atoms with E-state index in [-0.39, 0.29) is 0 Å². The highest BCUT2D eigenvalue weighted by Gasteiger charge is 2.21. The number of hydrogen-bond acceptors (Lipinski definition) is 3. The third-order valence-corrected chi connectivity index (χ3v) is 2.24. The molecule has 4 heteroatoms. The van der Waals surface area contributed by atoms with Crippen LogP contribution in [-0.2, 0) is 7.05 Å². The van der Waals surface area contributed by atoms with Gasteiger partial charge in [0.25, 0.3) is 0 Å². The zero-order chi connectivity index (χ0) is 10.0. The fraction of sp³-hybridized carbons (Fsp3) is 0.667. The molecule has 0 aliphatic carbocycles. The number of nitrogens with zero attached hydrogens (tertiary/aromatic N) is 2. The summed E-state index contributed by atoms with van der Waals surface area (Å²) >= 11 is 0. The summed E-state index contributed by atoms with van der Waals surface area (Å²) in [5, 5.41) is 23.2. The van der Waals surface area contributed by atoms with Crippen molar-refractivity contribution in [1.82, 2.24) is 9.78 Å². The second-order valence-electron chi connectivity index (χ2n) is 3.26. The molecule has 0 radical (unpaired) electrons. The molecule has 0 aliphatic heterocycles. The Morgan fingerprint density at radius 2 is 2.15 bits per heavy atom. The van der Waals surface area contributed by atoms with Gasteiger partial charge >= 0.3 is 0 Å². The lowest BCUT2D eigenvalue weighted by atomic mass is 10.1. The average molecular weight is 184 g/mol. The van der Waals surface area contributed by atoms with Gasteiger partial charge in [0.05, 0.1) is 18.0 Å². The van der Waals surface area contributed by atoms with E-state index in [1.165, 1.54) is 0 Å². The van der Waals surface area contributed by atoms with Gasteiger partial charge in [-0.15, -0.1) is 0 Å². The molecular formula is C9H16N2O2. The van der Waals surface area contributed by atoms with Gasteiger partial charge in [-0.05, 0) is 18.9 Å². The first-order valence-corrected chi connectivity index (χ1v) is 4.42. The Hall–Kier alpha value is -0.870. The number of aliphatic hydroxyl groups excluding tert-OH is 2. The molecule has 1 aromatic rings. The lowest BCUT2D eigenvalue weighted by Gasteiger charge is -2.17. The van der Waals surface area contributed by atoms with E-state index in [2.05, 4.69) is 5.10 Å². The Balaban J connectivity index is 2.93. The van der Waals surface area contributed by atoms with Crippen molar-refractivity contribution in [2.75, 3.05) is 0 Å². The Labute approximate surface area is 77.8 Å². The molecule has 0 bridgehead atoms. The van der Waals surface area contributed by atoms with Crippen molar-refractivity contribution in [2.24, 2.45) is 7.05 Å². The van der Waals surface area contributed by atoms with E-state index in [1.54, 1.807) is 17.9 Å². The highest BCUT2D eigenvalue weighted by molar-refractivity contribution is 5.18. The van der Waals surface area contributed by atoms with E-state index in [9.17, 15) is 10.2 Å². The third kappa shape index (κ3) is 1.89. The first-order valence-electron chi connectivity index (χ1n) is 4.42. The van der Waals surface area contributed by atoms with Crippen LogP contribution in [0.5, 0.6) is 0 Å². The molecule has 2 atom stereocenters. The van der Waals surface area contributed by atoms with Crippen LogP contribution in [0.1, 0.15) is 30.7 Å². The first kappa shape index (κ1) is 10.2. The van der Waals surface area contributed by atoms with E-state index in [0.29, 0.717) is 12.1 Å². The number of aromatic nitrogens is 2. The maximum absolute atomic E-state index is 9.73. The predicted molar refractivity (Wildman–Crippen MR) is 49.2 cm³/mol. The van der Waals surface area contributed by atoms with Crippen LogP contribution in [0, 0.1) is 6.92 Å².